The Labute approximate surface area is 96.6 Å². The summed E-state index contributed by atoms with van der Waals surface area (Å²) in [5.41, 5.74) is 0. The number of unbranched alkanes of at least 4 members (excludes halogenated alkanes) is 1. The molecule has 0 aromatic rings. The second-order valence-electron chi connectivity index (χ2n) is 2.68. The van der Waals surface area contributed by atoms with Crippen LogP contribution in [0.25, 0.3) is 0 Å². The highest BCUT2D eigenvalue weighted by Gasteiger charge is 1.98. The molecule has 0 unspecified atom stereocenters. The molecule has 0 heterocycles. The average Bonchev–Trinajstić information content (AvgIpc) is 2.17. The molecule has 0 fully saturated rings. The van der Waals surface area contributed by atoms with Gasteiger partial charge in [-0.3, -0.25) is 9.35 Å². The number of hydrogen-bond acceptors (Lipinski definition) is 4. The van der Waals surface area contributed by atoms with Crippen molar-refractivity contribution in [3.8, 4) is 0 Å². The van der Waals surface area contributed by atoms with Crippen molar-refractivity contribution in [1.82, 2.24) is 5.32 Å². The van der Waals surface area contributed by atoms with Gasteiger partial charge in [-0.05, 0) is 19.4 Å². The first-order chi connectivity index (χ1) is 7.37. The molecule has 0 saturated carbocycles. The first kappa shape index (κ1) is 17.5. The Morgan fingerprint density at radius 3 is 2.31 bits per heavy atom. The lowest BCUT2D eigenvalue weighted by atomic mass is 10.3. The monoisotopic (exact) mass is 253 g/mol. The van der Waals surface area contributed by atoms with Crippen LogP contribution >= 0.6 is 0 Å². The summed E-state index contributed by atoms with van der Waals surface area (Å²) in [4.78, 5) is 10.5. The molecule has 0 aromatic carbocycles. The molecule has 0 radical (unpaired) electrons. The van der Waals surface area contributed by atoms with Gasteiger partial charge < -0.3 is 5.32 Å². The van der Waals surface area contributed by atoms with Gasteiger partial charge in [-0.2, -0.15) is 8.42 Å². The first-order valence-corrected chi connectivity index (χ1v) is 6.26. The zero-order valence-electron chi connectivity index (χ0n) is 9.60. The van der Waals surface area contributed by atoms with Crippen LogP contribution in [0.15, 0.2) is 12.7 Å². The maximum absolute atomic E-state index is 10.5. The van der Waals surface area contributed by atoms with Crippen LogP contribution in [0.5, 0.6) is 0 Å². The highest BCUT2D eigenvalue weighted by Crippen LogP contribution is 1.82. The van der Waals surface area contributed by atoms with Crippen molar-refractivity contribution in [3.63, 3.8) is 0 Å². The van der Waals surface area contributed by atoms with Crippen LogP contribution in [-0.2, 0) is 19.4 Å². The summed E-state index contributed by atoms with van der Waals surface area (Å²) in [6, 6.07) is 0. The molecule has 2 N–H and O–H groups in total. The number of hydrogen-bond donors (Lipinski definition) is 2. The molecule has 0 saturated heterocycles. The van der Waals surface area contributed by atoms with Crippen molar-refractivity contribution in [3.05, 3.63) is 12.7 Å². The SMILES string of the molecule is C=CC(=O)NCCCC.CCOS(=O)(=O)O. The lowest BCUT2D eigenvalue weighted by Gasteiger charge is -1.97. The molecule has 0 aliphatic heterocycles. The van der Waals surface area contributed by atoms with Gasteiger partial charge in [0, 0.05) is 6.54 Å². The molecule has 1 amide bonds. The Bertz CT molecular complexity index is 286. The number of carbonyl (C=O) groups is 1. The van der Waals surface area contributed by atoms with Gasteiger partial charge in [0.25, 0.3) is 0 Å². The molecule has 0 atom stereocenters. The van der Waals surface area contributed by atoms with Gasteiger partial charge in [0.1, 0.15) is 0 Å². The van der Waals surface area contributed by atoms with Gasteiger partial charge >= 0.3 is 10.4 Å². The predicted molar refractivity (Wildman–Crippen MR) is 61.3 cm³/mol. The number of nitrogens with one attached hydrogen (secondary N) is 1. The highest BCUT2D eigenvalue weighted by molar-refractivity contribution is 7.80. The molecule has 16 heavy (non-hydrogen) atoms. The largest absolute Gasteiger partial charge is 0.397 e. The summed E-state index contributed by atoms with van der Waals surface area (Å²) in [5.74, 6) is -0.0801. The van der Waals surface area contributed by atoms with E-state index in [-0.39, 0.29) is 12.5 Å². The Morgan fingerprint density at radius 1 is 1.50 bits per heavy atom. The van der Waals surface area contributed by atoms with Crippen LogP contribution < -0.4 is 5.32 Å². The third kappa shape index (κ3) is 18.8. The van der Waals surface area contributed by atoms with Crippen molar-refractivity contribution in [2.24, 2.45) is 0 Å². The maximum atomic E-state index is 10.5. The summed E-state index contributed by atoms with van der Waals surface area (Å²) in [5, 5.41) is 2.68. The van der Waals surface area contributed by atoms with Crippen LogP contribution in [0.4, 0.5) is 0 Å². The lowest BCUT2D eigenvalue weighted by Crippen LogP contribution is -2.21. The van der Waals surface area contributed by atoms with E-state index in [0.717, 1.165) is 19.4 Å². The van der Waals surface area contributed by atoms with Gasteiger partial charge in [-0.15, -0.1) is 0 Å². The van der Waals surface area contributed by atoms with Gasteiger partial charge in [-0.1, -0.05) is 19.9 Å². The molecule has 0 spiro atoms. The van der Waals surface area contributed by atoms with Gasteiger partial charge in [0.2, 0.25) is 5.91 Å². The predicted octanol–water partition coefficient (Wildman–Crippen LogP) is 0.914. The van der Waals surface area contributed by atoms with Crippen molar-refractivity contribution in [2.75, 3.05) is 13.2 Å². The standard InChI is InChI=1S/C7H13NO.C2H6O4S/c1-3-5-6-8-7(9)4-2;1-2-6-7(3,4)5/h4H,2-3,5-6H2,1H3,(H,8,9);2H2,1H3,(H,3,4,5). The molecule has 7 heteroatoms. The normalized spacial score (nSPS) is 9.94. The Kier molecular flexibility index (Phi) is 11.6. The minimum atomic E-state index is -4.17. The van der Waals surface area contributed by atoms with Crippen LogP contribution in [0.1, 0.15) is 26.7 Å². The Morgan fingerprint density at radius 2 is 2.06 bits per heavy atom. The van der Waals surface area contributed by atoms with E-state index >= 15 is 0 Å². The minimum Gasteiger partial charge on any atom is -0.353 e. The second-order valence-corrected chi connectivity index (χ2v) is 3.77. The van der Waals surface area contributed by atoms with Crippen molar-refractivity contribution in [1.29, 1.82) is 0 Å². The highest BCUT2D eigenvalue weighted by atomic mass is 32.3. The molecule has 0 bridgehead atoms. The fourth-order valence-electron chi connectivity index (χ4n) is 0.609. The summed E-state index contributed by atoms with van der Waals surface area (Å²) >= 11 is 0. The van der Waals surface area contributed by atoms with Gasteiger partial charge in [-0.25, -0.2) is 4.18 Å². The molecule has 6 nitrogen and oxygen atoms in total. The molecule has 0 aliphatic rings. The molecular formula is C9H19NO5S. The zero-order valence-corrected chi connectivity index (χ0v) is 10.4. The van der Waals surface area contributed by atoms with Crippen molar-refractivity contribution >= 4 is 16.3 Å². The quantitative estimate of drug-likeness (QED) is 0.417. The molecule has 0 aliphatic carbocycles. The van der Waals surface area contributed by atoms with E-state index in [2.05, 4.69) is 23.0 Å². The Balaban J connectivity index is 0. The van der Waals surface area contributed by atoms with Gasteiger partial charge in [0.15, 0.2) is 0 Å². The lowest BCUT2D eigenvalue weighted by molar-refractivity contribution is -0.116. The number of rotatable bonds is 6. The van der Waals surface area contributed by atoms with E-state index in [0.29, 0.717) is 0 Å². The van der Waals surface area contributed by atoms with E-state index in [1.54, 1.807) is 0 Å². The Hall–Kier alpha value is -0.920. The first-order valence-electron chi connectivity index (χ1n) is 4.89. The van der Waals surface area contributed by atoms with Crippen LogP contribution in [-0.4, -0.2) is 32.0 Å². The smallest absolute Gasteiger partial charge is 0.353 e. The third-order valence-electron chi connectivity index (χ3n) is 1.28. The molecular weight excluding hydrogens is 234 g/mol. The summed E-state index contributed by atoms with van der Waals surface area (Å²) < 4.78 is 30.7. The van der Waals surface area contributed by atoms with E-state index in [9.17, 15) is 13.2 Å². The summed E-state index contributed by atoms with van der Waals surface area (Å²) in [6.07, 6.45) is 3.44. The third-order valence-corrected chi connectivity index (χ3v) is 1.82. The van der Waals surface area contributed by atoms with E-state index in [1.807, 2.05) is 0 Å². The second kappa shape index (κ2) is 10.6. The van der Waals surface area contributed by atoms with Crippen molar-refractivity contribution < 1.29 is 21.9 Å². The van der Waals surface area contributed by atoms with Crippen LogP contribution in [0, 0.1) is 0 Å². The fourth-order valence-corrected chi connectivity index (χ4v) is 0.907. The maximum Gasteiger partial charge on any atom is 0.397 e. The van der Waals surface area contributed by atoms with Crippen LogP contribution in [0.2, 0.25) is 0 Å². The fraction of sp³-hybridized carbons (Fsp3) is 0.667. The van der Waals surface area contributed by atoms with E-state index < -0.39 is 10.4 Å². The summed E-state index contributed by atoms with van der Waals surface area (Å²) in [7, 11) is -4.17. The molecule has 0 rings (SSSR count). The average molecular weight is 253 g/mol. The van der Waals surface area contributed by atoms with Crippen molar-refractivity contribution in [2.45, 2.75) is 26.7 Å². The molecule has 96 valence electrons. The van der Waals surface area contributed by atoms with Crippen LogP contribution in [0.3, 0.4) is 0 Å². The zero-order chi connectivity index (χ0) is 13.0. The number of amides is 1. The topological polar surface area (TPSA) is 92.7 Å². The molecule has 0 aromatic heterocycles. The number of carbonyl (C=O) groups excluding carboxylic acids is 1. The minimum absolute atomic E-state index is 0.0289. The van der Waals surface area contributed by atoms with Gasteiger partial charge in [0.05, 0.1) is 6.61 Å². The van der Waals surface area contributed by atoms with E-state index in [4.69, 9.17) is 4.55 Å². The summed E-state index contributed by atoms with van der Waals surface area (Å²) in [6.45, 7) is 7.61. The van der Waals surface area contributed by atoms with E-state index in [1.165, 1.54) is 13.0 Å².